The van der Waals surface area contributed by atoms with Gasteiger partial charge in [0.05, 0.1) is 17.1 Å². The summed E-state index contributed by atoms with van der Waals surface area (Å²) in [6.07, 6.45) is -7.39. The lowest BCUT2D eigenvalue weighted by atomic mass is 10.0. The van der Waals surface area contributed by atoms with Gasteiger partial charge < -0.3 is 24.8 Å². The molecular weight excluding hydrogens is 776 g/mol. The molecule has 3 aromatic carbocycles. The Morgan fingerprint density at radius 1 is 0.889 bits per heavy atom. The molecule has 0 bridgehead atoms. The van der Waals surface area contributed by atoms with Crippen LogP contribution in [0.4, 0.5) is 18.0 Å². The van der Waals surface area contributed by atoms with Gasteiger partial charge in [0.25, 0.3) is 0 Å². The Morgan fingerprint density at radius 2 is 1.50 bits per heavy atom. The van der Waals surface area contributed by atoms with Gasteiger partial charge in [0.15, 0.2) is 6.29 Å². The second kappa shape index (κ2) is 20.1. The van der Waals surface area contributed by atoms with Crippen molar-refractivity contribution in [2.75, 3.05) is 26.3 Å². The molecule has 0 saturated heterocycles. The smallest absolute Gasteiger partial charge is 0.416 e. The van der Waals surface area contributed by atoms with Gasteiger partial charge in [-0.1, -0.05) is 65.7 Å². The van der Waals surface area contributed by atoms with Crippen molar-refractivity contribution in [2.45, 2.75) is 76.1 Å². The number of carbonyl (C=O) groups excluding carboxylic acids is 2. The molecular formula is C36H43Cl2F3N4O8S. The van der Waals surface area contributed by atoms with Crippen LogP contribution in [0.2, 0.25) is 10.0 Å². The van der Waals surface area contributed by atoms with Crippen molar-refractivity contribution in [1.29, 1.82) is 0 Å². The highest BCUT2D eigenvalue weighted by Gasteiger charge is 2.37. The molecule has 12 nitrogen and oxygen atoms in total. The second-order valence-corrected chi connectivity index (χ2v) is 14.8. The van der Waals surface area contributed by atoms with Gasteiger partial charge in [-0.25, -0.2) is 17.9 Å². The minimum absolute atomic E-state index is 0.0854. The Balaban J connectivity index is 2.08. The Labute approximate surface area is 322 Å². The van der Waals surface area contributed by atoms with Gasteiger partial charge in [-0.05, 0) is 69.2 Å². The maximum atomic E-state index is 14.3. The largest absolute Gasteiger partial charge is 0.465 e. The third-order valence-electron chi connectivity index (χ3n) is 8.06. The number of sulfonamides is 1. The number of halogens is 5. The summed E-state index contributed by atoms with van der Waals surface area (Å²) in [5.74, 6) is -1.75. The zero-order chi connectivity index (χ0) is 40.2. The molecule has 0 aliphatic heterocycles. The number of carbonyl (C=O) groups is 3. The van der Waals surface area contributed by atoms with Crippen molar-refractivity contribution in [3.8, 4) is 0 Å². The van der Waals surface area contributed by atoms with Crippen LogP contribution in [0, 0.1) is 0 Å². The van der Waals surface area contributed by atoms with Crippen molar-refractivity contribution in [1.82, 2.24) is 19.8 Å². The summed E-state index contributed by atoms with van der Waals surface area (Å²) in [7, 11) is -4.46. The van der Waals surface area contributed by atoms with Gasteiger partial charge in [-0.2, -0.15) is 13.2 Å². The number of hydrogen-bond acceptors (Lipinski definition) is 7. The van der Waals surface area contributed by atoms with Crippen molar-refractivity contribution in [2.24, 2.45) is 0 Å². The maximum Gasteiger partial charge on any atom is 0.416 e. The summed E-state index contributed by atoms with van der Waals surface area (Å²) in [6.45, 7) is 6.13. The monoisotopic (exact) mass is 818 g/mol. The highest BCUT2D eigenvalue weighted by atomic mass is 35.5. The fourth-order valence-corrected chi connectivity index (χ4v) is 7.18. The quantitative estimate of drug-likeness (QED) is 0.121. The number of hydrogen-bond donors (Lipinski definition) is 3. The standard InChI is InChI=1S/C36H43Cl2F3N4O8S/c1-5-52-32(53-6-2)22-44(23(3)4)34(47)29(18-24-12-14-26(15-13-24)36(39,40)41)43-33(46)30(45(35(48)49)21-25-10-8-7-9-11-25)20-42-54(50,51)31-17-16-27(37)19-28(31)38/h7-17,19,23,29-30,32,42H,5-6,18,20-22H2,1-4H3,(H,43,46)(H,48,49). The number of rotatable bonds is 19. The first-order valence-corrected chi connectivity index (χ1v) is 19.1. The van der Waals surface area contributed by atoms with E-state index in [2.05, 4.69) is 10.0 Å². The average molecular weight is 820 g/mol. The fraction of sp³-hybridized carbons (Fsp3) is 0.417. The lowest BCUT2D eigenvalue weighted by Gasteiger charge is -2.35. The first-order chi connectivity index (χ1) is 25.4. The predicted octanol–water partition coefficient (Wildman–Crippen LogP) is 6.20. The number of benzene rings is 3. The summed E-state index contributed by atoms with van der Waals surface area (Å²) in [4.78, 5) is 43.0. The second-order valence-electron chi connectivity index (χ2n) is 12.2. The van der Waals surface area contributed by atoms with Crippen LogP contribution in [0.1, 0.15) is 44.4 Å². The molecule has 0 aromatic heterocycles. The molecule has 3 rings (SSSR count). The molecule has 0 heterocycles. The van der Waals surface area contributed by atoms with E-state index in [9.17, 15) is 41.1 Å². The van der Waals surface area contributed by atoms with E-state index in [1.54, 1.807) is 58.0 Å². The van der Waals surface area contributed by atoms with Crippen LogP contribution >= 0.6 is 23.2 Å². The molecule has 0 aliphatic carbocycles. The Bertz CT molecular complexity index is 1810. The van der Waals surface area contributed by atoms with E-state index < -0.39 is 75.5 Å². The minimum Gasteiger partial charge on any atom is -0.465 e. The summed E-state index contributed by atoms with van der Waals surface area (Å²) < 4.78 is 80.4. The van der Waals surface area contributed by atoms with Gasteiger partial charge in [-0.15, -0.1) is 0 Å². The van der Waals surface area contributed by atoms with Crippen molar-refractivity contribution in [3.05, 3.63) is 99.5 Å². The highest BCUT2D eigenvalue weighted by Crippen LogP contribution is 2.29. The molecule has 54 heavy (non-hydrogen) atoms. The van der Waals surface area contributed by atoms with Gasteiger partial charge in [0.2, 0.25) is 21.8 Å². The lowest BCUT2D eigenvalue weighted by molar-refractivity contribution is -0.163. The van der Waals surface area contributed by atoms with Crippen LogP contribution in [0.25, 0.3) is 0 Å². The van der Waals surface area contributed by atoms with Gasteiger partial charge in [-0.3, -0.25) is 14.5 Å². The normalized spacial score (nSPS) is 13.1. The molecule has 0 radical (unpaired) electrons. The molecule has 3 aromatic rings. The summed E-state index contributed by atoms with van der Waals surface area (Å²) in [5.41, 5.74) is -0.225. The zero-order valence-corrected chi connectivity index (χ0v) is 32.3. The van der Waals surface area contributed by atoms with Crippen LogP contribution < -0.4 is 10.0 Å². The number of ether oxygens (including phenoxy) is 2. The van der Waals surface area contributed by atoms with E-state index in [0.29, 0.717) is 10.5 Å². The first kappa shape index (κ1) is 44.5. The van der Waals surface area contributed by atoms with Crippen LogP contribution in [-0.4, -0.2) is 92.0 Å². The maximum absolute atomic E-state index is 14.3. The lowest BCUT2D eigenvalue weighted by Crippen LogP contribution is -2.59. The number of amides is 3. The molecule has 3 N–H and O–H groups in total. The third kappa shape index (κ3) is 12.8. The minimum atomic E-state index is -4.63. The number of nitrogens with zero attached hydrogens (tertiary/aromatic N) is 2. The first-order valence-electron chi connectivity index (χ1n) is 16.9. The van der Waals surface area contributed by atoms with E-state index >= 15 is 0 Å². The molecule has 0 saturated carbocycles. The summed E-state index contributed by atoms with van der Waals surface area (Å²) in [6, 6.07) is 12.1. The number of carboxylic acid groups (broad SMARTS) is 1. The zero-order valence-electron chi connectivity index (χ0n) is 30.0. The third-order valence-corrected chi connectivity index (χ3v) is 10.2. The Morgan fingerprint density at radius 3 is 2.02 bits per heavy atom. The van der Waals surface area contributed by atoms with Crippen molar-refractivity contribution >= 4 is 51.1 Å². The SMILES string of the molecule is CCOC(CN(C(=O)C(Cc1ccc(C(F)(F)F)cc1)NC(=O)C(CNS(=O)(=O)c1ccc(Cl)cc1Cl)N(Cc1ccccc1)C(=O)O)C(C)C)OCC. The fourth-order valence-electron chi connectivity index (χ4n) is 5.37. The molecule has 2 unspecified atom stereocenters. The van der Waals surface area contributed by atoms with Gasteiger partial charge in [0, 0.05) is 43.8 Å². The topological polar surface area (TPSA) is 155 Å². The molecule has 0 spiro atoms. The molecule has 18 heteroatoms. The molecule has 3 amide bonds. The molecule has 2 atom stereocenters. The Hall–Kier alpha value is -3.93. The van der Waals surface area contributed by atoms with E-state index in [1.807, 2.05) is 0 Å². The number of alkyl halides is 3. The van der Waals surface area contributed by atoms with Gasteiger partial charge >= 0.3 is 12.3 Å². The highest BCUT2D eigenvalue weighted by molar-refractivity contribution is 7.89. The van der Waals surface area contributed by atoms with Crippen LogP contribution in [0.15, 0.2) is 77.7 Å². The van der Waals surface area contributed by atoms with Crippen molar-refractivity contribution in [3.63, 3.8) is 0 Å². The molecule has 0 aliphatic rings. The number of nitrogens with one attached hydrogen (secondary N) is 2. The molecule has 0 fully saturated rings. The van der Waals surface area contributed by atoms with E-state index in [1.165, 1.54) is 29.2 Å². The van der Waals surface area contributed by atoms with Crippen LogP contribution in [0.3, 0.4) is 0 Å². The van der Waals surface area contributed by atoms with E-state index in [-0.39, 0.29) is 48.3 Å². The summed E-state index contributed by atoms with van der Waals surface area (Å²) in [5, 5.41) is 12.8. The van der Waals surface area contributed by atoms with Gasteiger partial charge in [0.1, 0.15) is 17.0 Å². The van der Waals surface area contributed by atoms with Crippen LogP contribution in [-0.2, 0) is 48.2 Å². The van der Waals surface area contributed by atoms with Crippen LogP contribution in [0.5, 0.6) is 0 Å². The molecule has 296 valence electrons. The van der Waals surface area contributed by atoms with Crippen molar-refractivity contribution < 1.29 is 50.6 Å². The predicted molar refractivity (Wildman–Crippen MR) is 196 cm³/mol. The average Bonchev–Trinajstić information content (AvgIpc) is 3.09. The van der Waals surface area contributed by atoms with E-state index in [0.717, 1.165) is 18.2 Å². The van der Waals surface area contributed by atoms with E-state index in [4.69, 9.17) is 32.7 Å². The summed E-state index contributed by atoms with van der Waals surface area (Å²) >= 11 is 12.1. The Kier molecular flexibility index (Phi) is 16.6.